The zero-order chi connectivity index (χ0) is 19.4. The van der Waals surface area contributed by atoms with Gasteiger partial charge in [-0.25, -0.2) is 0 Å². The quantitative estimate of drug-likeness (QED) is 0.719. The Morgan fingerprint density at radius 1 is 1.26 bits per heavy atom. The van der Waals surface area contributed by atoms with Gasteiger partial charge in [0.05, 0.1) is 11.5 Å². The van der Waals surface area contributed by atoms with Gasteiger partial charge in [-0.15, -0.1) is 11.8 Å². The molecule has 0 spiro atoms. The summed E-state index contributed by atoms with van der Waals surface area (Å²) >= 11 is 1.73. The van der Waals surface area contributed by atoms with E-state index in [0.29, 0.717) is 18.8 Å². The summed E-state index contributed by atoms with van der Waals surface area (Å²) in [4.78, 5) is 28.7. The second-order valence-electron chi connectivity index (χ2n) is 6.89. The van der Waals surface area contributed by atoms with E-state index in [-0.39, 0.29) is 22.4 Å². The van der Waals surface area contributed by atoms with Gasteiger partial charge in [-0.05, 0) is 37.5 Å². The SMILES string of the molecule is CC[C@@H]1S[C@H](c2ccc(C)cc2)N(CCCN(C)C(=O)c2ccco2)C1=O. The lowest BCUT2D eigenvalue weighted by Gasteiger charge is -2.25. The molecule has 2 atom stereocenters. The number of hydrogen-bond donors (Lipinski definition) is 0. The van der Waals surface area contributed by atoms with Crippen LogP contribution in [-0.4, -0.2) is 47.0 Å². The van der Waals surface area contributed by atoms with Gasteiger partial charge >= 0.3 is 0 Å². The van der Waals surface area contributed by atoms with Gasteiger partial charge in [0.2, 0.25) is 5.91 Å². The van der Waals surface area contributed by atoms with Gasteiger partial charge in [0, 0.05) is 20.1 Å². The Morgan fingerprint density at radius 3 is 2.63 bits per heavy atom. The van der Waals surface area contributed by atoms with Crippen molar-refractivity contribution in [2.75, 3.05) is 20.1 Å². The molecular formula is C21H26N2O3S. The largest absolute Gasteiger partial charge is 0.459 e. The van der Waals surface area contributed by atoms with Crippen LogP contribution in [0, 0.1) is 6.92 Å². The van der Waals surface area contributed by atoms with E-state index in [0.717, 1.165) is 18.4 Å². The number of amides is 2. The number of rotatable bonds is 7. The number of nitrogens with zero attached hydrogens (tertiary/aromatic N) is 2. The maximum absolute atomic E-state index is 12.8. The van der Waals surface area contributed by atoms with Crippen molar-refractivity contribution in [3.8, 4) is 0 Å². The molecule has 144 valence electrons. The van der Waals surface area contributed by atoms with Crippen LogP contribution in [0.3, 0.4) is 0 Å². The fourth-order valence-corrected chi connectivity index (χ4v) is 4.67. The third-order valence-electron chi connectivity index (χ3n) is 4.84. The number of benzene rings is 1. The normalized spacial score (nSPS) is 19.5. The van der Waals surface area contributed by atoms with Crippen LogP contribution in [0.15, 0.2) is 47.1 Å². The lowest BCUT2D eigenvalue weighted by Crippen LogP contribution is -2.35. The average molecular weight is 387 g/mol. The van der Waals surface area contributed by atoms with E-state index in [1.54, 1.807) is 35.8 Å². The maximum atomic E-state index is 12.8. The highest BCUT2D eigenvalue weighted by molar-refractivity contribution is 8.01. The highest BCUT2D eigenvalue weighted by Crippen LogP contribution is 2.44. The zero-order valence-corrected chi connectivity index (χ0v) is 16.9. The first-order valence-corrected chi connectivity index (χ1v) is 10.3. The summed E-state index contributed by atoms with van der Waals surface area (Å²) in [5.74, 6) is 0.408. The van der Waals surface area contributed by atoms with Gasteiger partial charge in [-0.3, -0.25) is 9.59 Å². The average Bonchev–Trinajstić information content (AvgIpc) is 3.31. The van der Waals surface area contributed by atoms with Crippen molar-refractivity contribution in [2.24, 2.45) is 0 Å². The molecule has 0 N–H and O–H groups in total. The van der Waals surface area contributed by atoms with E-state index in [9.17, 15) is 9.59 Å². The molecule has 1 aliphatic rings. The summed E-state index contributed by atoms with van der Waals surface area (Å²) in [7, 11) is 1.76. The molecule has 1 aromatic heterocycles. The van der Waals surface area contributed by atoms with Gasteiger partial charge in [0.15, 0.2) is 5.76 Å². The van der Waals surface area contributed by atoms with Crippen molar-refractivity contribution < 1.29 is 14.0 Å². The second kappa shape index (κ2) is 8.65. The Morgan fingerprint density at radius 2 is 2.00 bits per heavy atom. The molecule has 1 aromatic carbocycles. The van der Waals surface area contributed by atoms with Crippen LogP contribution in [0.1, 0.15) is 46.8 Å². The summed E-state index contributed by atoms with van der Waals surface area (Å²) in [6, 6.07) is 11.8. The number of hydrogen-bond acceptors (Lipinski definition) is 4. The molecule has 0 radical (unpaired) electrons. The molecule has 2 heterocycles. The molecular weight excluding hydrogens is 360 g/mol. The Labute approximate surface area is 164 Å². The van der Waals surface area contributed by atoms with Crippen LogP contribution in [0.25, 0.3) is 0 Å². The predicted octanol–water partition coefficient (Wildman–Crippen LogP) is 4.10. The van der Waals surface area contributed by atoms with Crippen LogP contribution < -0.4 is 0 Å². The van der Waals surface area contributed by atoms with Crippen LogP contribution in [-0.2, 0) is 4.79 Å². The Bertz CT molecular complexity index is 773. The third-order valence-corrected chi connectivity index (χ3v) is 6.49. The molecule has 1 aliphatic heterocycles. The first kappa shape index (κ1) is 19.5. The molecule has 0 aliphatic carbocycles. The van der Waals surface area contributed by atoms with E-state index < -0.39 is 0 Å². The fraction of sp³-hybridized carbons (Fsp3) is 0.429. The minimum Gasteiger partial charge on any atom is -0.459 e. The molecule has 6 heteroatoms. The highest BCUT2D eigenvalue weighted by atomic mass is 32.2. The van der Waals surface area contributed by atoms with E-state index in [4.69, 9.17) is 4.42 Å². The predicted molar refractivity (Wildman–Crippen MR) is 108 cm³/mol. The molecule has 5 nitrogen and oxygen atoms in total. The van der Waals surface area contributed by atoms with Crippen molar-refractivity contribution in [2.45, 2.75) is 37.3 Å². The van der Waals surface area contributed by atoms with E-state index in [2.05, 4.69) is 38.1 Å². The summed E-state index contributed by atoms with van der Waals surface area (Å²) in [6.45, 7) is 5.33. The molecule has 1 fully saturated rings. The molecule has 0 unspecified atom stereocenters. The van der Waals surface area contributed by atoms with Gasteiger partial charge in [-0.2, -0.15) is 0 Å². The second-order valence-corrected chi connectivity index (χ2v) is 8.17. The number of thioether (sulfide) groups is 1. The lowest BCUT2D eigenvalue weighted by atomic mass is 10.1. The van der Waals surface area contributed by atoms with Crippen molar-refractivity contribution in [1.82, 2.24) is 9.80 Å². The molecule has 1 saturated heterocycles. The van der Waals surface area contributed by atoms with Crippen LogP contribution in [0.2, 0.25) is 0 Å². The third kappa shape index (κ3) is 4.38. The molecule has 3 rings (SSSR count). The zero-order valence-electron chi connectivity index (χ0n) is 16.1. The molecule has 2 aromatic rings. The van der Waals surface area contributed by atoms with Gasteiger partial charge in [-0.1, -0.05) is 36.8 Å². The van der Waals surface area contributed by atoms with Crippen molar-refractivity contribution in [1.29, 1.82) is 0 Å². The van der Waals surface area contributed by atoms with E-state index in [1.807, 2.05) is 4.90 Å². The number of carbonyl (C=O) groups excluding carboxylic acids is 2. The number of carbonyl (C=O) groups is 2. The number of furan rings is 1. The first-order valence-electron chi connectivity index (χ1n) is 9.32. The molecule has 27 heavy (non-hydrogen) atoms. The summed E-state index contributed by atoms with van der Waals surface area (Å²) in [6.07, 6.45) is 3.06. The molecule has 0 bridgehead atoms. The first-order chi connectivity index (χ1) is 13.0. The van der Waals surface area contributed by atoms with Gasteiger partial charge in [0.25, 0.3) is 5.91 Å². The fourth-order valence-electron chi connectivity index (χ4n) is 3.24. The number of aryl methyl sites for hydroxylation is 1. The molecule has 0 saturated carbocycles. The Kier molecular flexibility index (Phi) is 6.26. The van der Waals surface area contributed by atoms with Crippen LogP contribution in [0.5, 0.6) is 0 Å². The lowest BCUT2D eigenvalue weighted by molar-refractivity contribution is -0.130. The Balaban J connectivity index is 1.63. The summed E-state index contributed by atoms with van der Waals surface area (Å²) < 4.78 is 5.17. The van der Waals surface area contributed by atoms with Crippen LogP contribution in [0.4, 0.5) is 0 Å². The van der Waals surface area contributed by atoms with Crippen LogP contribution >= 0.6 is 11.8 Å². The van der Waals surface area contributed by atoms with E-state index >= 15 is 0 Å². The summed E-state index contributed by atoms with van der Waals surface area (Å²) in [5, 5.41) is 0.0629. The van der Waals surface area contributed by atoms with Crippen molar-refractivity contribution in [3.05, 3.63) is 59.5 Å². The van der Waals surface area contributed by atoms with Crippen molar-refractivity contribution in [3.63, 3.8) is 0 Å². The van der Waals surface area contributed by atoms with Gasteiger partial charge in [0.1, 0.15) is 5.37 Å². The minimum atomic E-state index is -0.136. The summed E-state index contributed by atoms with van der Waals surface area (Å²) in [5.41, 5.74) is 2.37. The molecule has 2 amide bonds. The Hall–Kier alpha value is -2.21. The highest BCUT2D eigenvalue weighted by Gasteiger charge is 2.39. The standard InChI is InChI=1S/C21H26N2O3S/c1-4-18-20(25)23(21(27-18)16-10-8-15(2)9-11-16)13-6-12-22(3)19(24)17-7-5-14-26-17/h5,7-11,14,18,21H,4,6,12-13H2,1-3H3/t18-,21+/m0/s1. The maximum Gasteiger partial charge on any atom is 0.289 e. The van der Waals surface area contributed by atoms with Gasteiger partial charge < -0.3 is 14.2 Å². The van der Waals surface area contributed by atoms with E-state index in [1.165, 1.54) is 11.8 Å². The topological polar surface area (TPSA) is 53.8 Å². The monoisotopic (exact) mass is 386 g/mol. The minimum absolute atomic E-state index is 0.0128. The smallest absolute Gasteiger partial charge is 0.289 e. The van der Waals surface area contributed by atoms with Crippen molar-refractivity contribution >= 4 is 23.6 Å².